The summed E-state index contributed by atoms with van der Waals surface area (Å²) in [6.07, 6.45) is 18.3. The summed E-state index contributed by atoms with van der Waals surface area (Å²) in [5.74, 6) is 0. The van der Waals surface area contributed by atoms with E-state index < -0.39 is 0 Å². The number of quaternary nitrogens is 1. The lowest BCUT2D eigenvalue weighted by molar-refractivity contribution is -0.997. The van der Waals surface area contributed by atoms with Crippen LogP contribution in [0.15, 0.2) is 179 Å². The summed E-state index contributed by atoms with van der Waals surface area (Å²) in [4.78, 5) is 8.91. The highest BCUT2D eigenvalue weighted by Gasteiger charge is 2.22. The standard InChI is InChI=1S/C28H34N7.C21H21N5/c1-2-15-34-21-22-35(34)20-19-32-16-5-6-27(23-32)31-30-26-9-7-24(8-10-26)29-25-11-13-28(14-12-25)33-17-3-4-18-33;1-2-15-26(14-1)21-11-9-18(10-12-21)23-17-5-7-19(8-6-17)24-25-20-4-3-13-22-16-20/h5-14,16,21-23,29H,2-4,15,17-20H2,1H3;3-13,16,23H,1-2,14-15H2/q+1;/p+1. The molecule has 2 fully saturated rings. The molecule has 0 amide bonds. The maximum absolute atomic E-state index is 4.45. The minimum atomic E-state index is 0.743. The summed E-state index contributed by atoms with van der Waals surface area (Å²) in [5.41, 5.74) is 10.1. The van der Waals surface area contributed by atoms with E-state index in [4.69, 9.17) is 0 Å². The van der Waals surface area contributed by atoms with Gasteiger partial charge in [0.25, 0.3) is 0 Å². The number of hydrogen-bond acceptors (Lipinski definition) is 10. The van der Waals surface area contributed by atoms with E-state index in [1.54, 1.807) is 12.4 Å². The van der Waals surface area contributed by atoms with Crippen molar-refractivity contribution in [2.75, 3.05) is 59.7 Å². The van der Waals surface area contributed by atoms with Crippen LogP contribution in [0.4, 0.5) is 56.9 Å². The molecular weight excluding hydrogens is 757 g/mol. The topological polar surface area (TPSA) is 104 Å². The van der Waals surface area contributed by atoms with Gasteiger partial charge in [-0.3, -0.25) is 4.98 Å². The lowest BCUT2D eigenvalue weighted by Crippen LogP contribution is -3.18. The molecule has 61 heavy (non-hydrogen) atoms. The minimum Gasteiger partial charge on any atom is -0.372 e. The first kappa shape index (κ1) is 40.8. The van der Waals surface area contributed by atoms with Gasteiger partial charge in [0.05, 0.1) is 24.1 Å². The zero-order valence-corrected chi connectivity index (χ0v) is 35.0. The van der Waals surface area contributed by atoms with Gasteiger partial charge in [-0.15, -0.1) is 10.2 Å². The van der Waals surface area contributed by atoms with E-state index in [2.05, 4.69) is 136 Å². The predicted octanol–water partition coefficient (Wildman–Crippen LogP) is 10.6. The summed E-state index contributed by atoms with van der Waals surface area (Å²) in [5, 5.41) is 27.9. The van der Waals surface area contributed by atoms with Crippen LogP contribution in [0.1, 0.15) is 39.0 Å². The Bertz CT molecular complexity index is 2330. The Morgan fingerprint density at radius 3 is 1.56 bits per heavy atom. The second-order valence-corrected chi connectivity index (χ2v) is 15.5. The third kappa shape index (κ3) is 11.9. The molecule has 0 saturated carbocycles. The Morgan fingerprint density at radius 1 is 0.590 bits per heavy atom. The quantitative estimate of drug-likeness (QED) is 0.0705. The number of nitrogens with zero attached hydrogens (tertiary/aromatic N) is 9. The van der Waals surface area contributed by atoms with Gasteiger partial charge in [-0.1, -0.05) is 6.92 Å². The van der Waals surface area contributed by atoms with Gasteiger partial charge in [0.15, 0.2) is 25.5 Å². The third-order valence-corrected chi connectivity index (χ3v) is 10.9. The first-order valence-corrected chi connectivity index (χ1v) is 21.6. The van der Waals surface area contributed by atoms with Crippen LogP contribution in [0.2, 0.25) is 0 Å². The molecule has 3 aliphatic heterocycles. The Balaban J connectivity index is 0.000000176. The van der Waals surface area contributed by atoms with Crippen molar-refractivity contribution in [2.24, 2.45) is 20.5 Å². The molecule has 12 heteroatoms. The number of benzene rings is 4. The van der Waals surface area contributed by atoms with Gasteiger partial charge in [-0.05, 0) is 147 Å². The van der Waals surface area contributed by atoms with Crippen LogP contribution in [0.25, 0.3) is 0 Å². The van der Waals surface area contributed by atoms with E-state index in [-0.39, 0.29) is 0 Å². The molecule has 0 spiro atoms. The Morgan fingerprint density at radius 2 is 1.08 bits per heavy atom. The average molecular weight is 813 g/mol. The molecule has 310 valence electrons. The molecule has 9 rings (SSSR count). The van der Waals surface area contributed by atoms with Crippen molar-refractivity contribution >= 4 is 56.9 Å². The number of rotatable bonds is 15. The number of aromatic nitrogens is 2. The molecule has 3 N–H and O–H groups in total. The van der Waals surface area contributed by atoms with Gasteiger partial charge in [0.2, 0.25) is 0 Å². The van der Waals surface area contributed by atoms with Crippen molar-refractivity contribution in [3.05, 3.63) is 159 Å². The number of azo groups is 2. The van der Waals surface area contributed by atoms with E-state index in [9.17, 15) is 0 Å². The molecule has 2 saturated heterocycles. The van der Waals surface area contributed by atoms with Crippen LogP contribution < -0.4 is 30.0 Å². The van der Waals surface area contributed by atoms with E-state index in [1.807, 2.05) is 72.8 Å². The molecule has 12 nitrogen and oxygen atoms in total. The van der Waals surface area contributed by atoms with Crippen LogP contribution in [0.5, 0.6) is 0 Å². The zero-order valence-electron chi connectivity index (χ0n) is 35.0. The molecule has 1 unspecified atom stereocenters. The zero-order chi connectivity index (χ0) is 41.5. The first-order valence-electron chi connectivity index (χ1n) is 21.6. The molecule has 0 bridgehead atoms. The van der Waals surface area contributed by atoms with Crippen molar-refractivity contribution in [3.63, 3.8) is 0 Å². The number of pyridine rings is 2. The van der Waals surface area contributed by atoms with Crippen molar-refractivity contribution in [1.82, 2.24) is 9.99 Å². The van der Waals surface area contributed by atoms with Gasteiger partial charge in [0, 0.05) is 72.6 Å². The maximum Gasteiger partial charge on any atom is 0.199 e. The van der Waals surface area contributed by atoms with Gasteiger partial charge in [0.1, 0.15) is 23.8 Å². The highest BCUT2D eigenvalue weighted by atomic mass is 15.7. The SMILES string of the molecule is CCCN1C=C[NH+]1CC[n+]1cccc(N=Nc2ccc(Nc3ccc(N4CCCC4)cc3)cc2)c1.c1cncc(N=Nc2ccc(Nc3ccc(N4CCCC4)cc3)cc2)c1. The fourth-order valence-electron chi connectivity index (χ4n) is 7.58. The van der Waals surface area contributed by atoms with Crippen LogP contribution >= 0.6 is 0 Å². The molecule has 6 aromatic rings. The van der Waals surface area contributed by atoms with E-state index in [0.717, 1.165) is 65.1 Å². The number of nitrogens with one attached hydrogen (secondary N) is 3. The van der Waals surface area contributed by atoms with Gasteiger partial charge in [-0.25, -0.2) is 5.01 Å². The van der Waals surface area contributed by atoms with E-state index >= 15 is 0 Å². The monoisotopic (exact) mass is 812 g/mol. The molecule has 5 heterocycles. The van der Waals surface area contributed by atoms with Crippen molar-refractivity contribution in [3.8, 4) is 0 Å². The highest BCUT2D eigenvalue weighted by molar-refractivity contribution is 5.65. The summed E-state index contributed by atoms with van der Waals surface area (Å²) >= 11 is 0. The number of anilines is 6. The average Bonchev–Trinajstić information content (AvgIpc) is 4.06. The van der Waals surface area contributed by atoms with Crippen molar-refractivity contribution in [1.29, 1.82) is 0 Å². The molecule has 1 atom stereocenters. The Hall–Kier alpha value is -6.92. The Labute approximate surface area is 359 Å². The summed E-state index contributed by atoms with van der Waals surface area (Å²) in [7, 11) is 0. The van der Waals surface area contributed by atoms with Crippen LogP contribution in [-0.4, -0.2) is 49.3 Å². The largest absolute Gasteiger partial charge is 0.372 e. The lowest BCUT2D eigenvalue weighted by atomic mass is 10.2. The summed E-state index contributed by atoms with van der Waals surface area (Å²) in [6.45, 7) is 9.94. The molecular formula is C49H56N12+2. The molecule has 4 aromatic carbocycles. The van der Waals surface area contributed by atoms with Crippen LogP contribution in [-0.2, 0) is 6.54 Å². The second-order valence-electron chi connectivity index (χ2n) is 15.5. The molecule has 0 aliphatic carbocycles. The maximum atomic E-state index is 4.45. The van der Waals surface area contributed by atoms with Gasteiger partial charge >= 0.3 is 0 Å². The normalized spacial score (nSPS) is 15.9. The van der Waals surface area contributed by atoms with E-state index in [1.165, 1.54) is 74.7 Å². The van der Waals surface area contributed by atoms with Crippen molar-refractivity contribution in [2.45, 2.75) is 45.6 Å². The second kappa shape index (κ2) is 20.9. The van der Waals surface area contributed by atoms with Crippen LogP contribution in [0, 0.1) is 0 Å². The van der Waals surface area contributed by atoms with Gasteiger partial charge < -0.3 is 20.4 Å². The Kier molecular flexibility index (Phi) is 14.0. The van der Waals surface area contributed by atoms with E-state index in [0.29, 0.717) is 0 Å². The van der Waals surface area contributed by atoms with Crippen molar-refractivity contribution < 1.29 is 9.58 Å². The lowest BCUT2D eigenvalue weighted by Gasteiger charge is -2.32. The minimum absolute atomic E-state index is 0.743. The van der Waals surface area contributed by atoms with Gasteiger partial charge in [-0.2, -0.15) is 19.8 Å². The summed E-state index contributed by atoms with van der Waals surface area (Å²) < 4.78 is 2.18. The van der Waals surface area contributed by atoms with Crippen LogP contribution in [0.3, 0.4) is 0 Å². The smallest absolute Gasteiger partial charge is 0.199 e. The molecule has 0 radical (unpaired) electrons. The summed E-state index contributed by atoms with van der Waals surface area (Å²) in [6, 6.07) is 41.0. The molecule has 3 aliphatic rings. The predicted molar refractivity (Wildman–Crippen MR) is 246 cm³/mol. The first-order chi connectivity index (χ1) is 30.1. The third-order valence-electron chi connectivity index (χ3n) is 10.9. The fourth-order valence-corrected chi connectivity index (χ4v) is 7.58. The highest BCUT2D eigenvalue weighted by Crippen LogP contribution is 2.27. The molecule has 2 aromatic heterocycles. The fraction of sp³-hybridized carbons (Fsp3) is 0.265. The number of hydrogen-bond donors (Lipinski definition) is 3.